The van der Waals surface area contributed by atoms with Gasteiger partial charge in [-0.2, -0.15) is 5.10 Å². The second-order valence-corrected chi connectivity index (χ2v) is 7.17. The third-order valence-corrected chi connectivity index (χ3v) is 5.23. The molecule has 0 atom stereocenters. The number of methoxy groups -OCH3 is 1. The second kappa shape index (κ2) is 7.24. The van der Waals surface area contributed by atoms with E-state index in [1.807, 2.05) is 42.5 Å². The lowest BCUT2D eigenvalue weighted by atomic mass is 10.1. The van der Waals surface area contributed by atoms with Gasteiger partial charge in [-0.25, -0.2) is 19.9 Å². The zero-order chi connectivity index (χ0) is 21.5. The van der Waals surface area contributed by atoms with Crippen LogP contribution in [0.1, 0.15) is 0 Å². The summed E-state index contributed by atoms with van der Waals surface area (Å²) in [6.45, 7) is 0. The lowest BCUT2D eigenvalue weighted by molar-refractivity contribution is 0.415. The number of pyridine rings is 2. The van der Waals surface area contributed by atoms with Gasteiger partial charge in [0.05, 0.1) is 29.5 Å². The fourth-order valence-corrected chi connectivity index (χ4v) is 3.69. The number of fused-ring (bicyclic) bond motifs is 2. The van der Waals surface area contributed by atoms with Gasteiger partial charge in [0.25, 0.3) is 0 Å². The number of hydrogen-bond acceptors (Lipinski definition) is 7. The van der Waals surface area contributed by atoms with Gasteiger partial charge in [0.1, 0.15) is 23.1 Å². The first-order valence-corrected chi connectivity index (χ1v) is 9.90. The Kier molecular flexibility index (Phi) is 4.10. The predicted octanol–water partition coefficient (Wildman–Crippen LogP) is 4.03. The number of ether oxygens (including phenoxy) is 1. The smallest absolute Gasteiger partial charge is 0.161 e. The van der Waals surface area contributed by atoms with Gasteiger partial charge in [0.15, 0.2) is 11.5 Å². The summed E-state index contributed by atoms with van der Waals surface area (Å²) in [5, 5.41) is 7.51. The average molecular weight is 420 g/mol. The van der Waals surface area contributed by atoms with Crippen LogP contribution in [0.3, 0.4) is 0 Å². The highest BCUT2D eigenvalue weighted by Crippen LogP contribution is 2.31. The van der Waals surface area contributed by atoms with E-state index in [4.69, 9.17) is 14.7 Å². The van der Waals surface area contributed by atoms with Gasteiger partial charge in [0.2, 0.25) is 0 Å². The van der Waals surface area contributed by atoms with E-state index in [0.717, 1.165) is 44.8 Å². The summed E-state index contributed by atoms with van der Waals surface area (Å²) in [5.41, 5.74) is 7.03. The summed E-state index contributed by atoms with van der Waals surface area (Å²) in [7, 11) is 1.64. The summed E-state index contributed by atoms with van der Waals surface area (Å²) in [6, 6.07) is 13.5. The molecule has 154 valence electrons. The van der Waals surface area contributed by atoms with Crippen molar-refractivity contribution >= 4 is 22.1 Å². The van der Waals surface area contributed by atoms with Gasteiger partial charge < -0.3 is 9.72 Å². The van der Waals surface area contributed by atoms with Gasteiger partial charge in [0, 0.05) is 29.7 Å². The molecule has 2 N–H and O–H groups in total. The van der Waals surface area contributed by atoms with E-state index in [0.29, 0.717) is 17.0 Å². The van der Waals surface area contributed by atoms with Crippen LogP contribution in [0.25, 0.3) is 56.1 Å². The fraction of sp³-hybridized carbons (Fsp3) is 0.0435. The first kappa shape index (κ1) is 18.1. The van der Waals surface area contributed by atoms with Gasteiger partial charge in [-0.3, -0.25) is 10.1 Å². The minimum atomic E-state index is 0.609. The van der Waals surface area contributed by atoms with Crippen molar-refractivity contribution in [2.24, 2.45) is 0 Å². The Balaban J connectivity index is 1.50. The first-order chi connectivity index (χ1) is 15.8. The number of nitrogens with one attached hydrogen (secondary N) is 2. The average Bonchev–Trinajstić information content (AvgIpc) is 3.48. The van der Waals surface area contributed by atoms with Crippen LogP contribution >= 0.6 is 0 Å². The number of rotatable bonds is 4. The van der Waals surface area contributed by atoms with Crippen molar-refractivity contribution in [3.8, 4) is 39.8 Å². The fourth-order valence-electron chi connectivity index (χ4n) is 3.69. The Morgan fingerprint density at radius 2 is 1.72 bits per heavy atom. The van der Waals surface area contributed by atoms with Crippen LogP contribution in [0.2, 0.25) is 0 Å². The Hall–Kier alpha value is -4.66. The molecule has 5 aromatic heterocycles. The molecular formula is C23H16N8O. The standard InChI is InChI=1S/C23H16N8O/c1-32-15-4-2-3-13(9-15)19-20-17(7-8-26-19)28-23(29-20)22-21-18(30-31-22)6-5-16(27-21)14-10-24-12-25-11-14/h2-12H,1H3,(H,28,29)(H,30,31). The van der Waals surface area contributed by atoms with Crippen molar-refractivity contribution in [1.82, 2.24) is 40.1 Å². The van der Waals surface area contributed by atoms with Crippen LogP contribution in [-0.2, 0) is 0 Å². The normalized spacial score (nSPS) is 11.3. The molecule has 0 saturated heterocycles. The SMILES string of the molecule is COc1cccc(-c2nccc3[nH]c(-c4n[nH]c5ccc(-c6cncnc6)nc45)nc23)c1. The van der Waals surface area contributed by atoms with Gasteiger partial charge in [-0.1, -0.05) is 12.1 Å². The van der Waals surface area contributed by atoms with E-state index in [2.05, 4.69) is 30.1 Å². The van der Waals surface area contributed by atoms with Crippen LogP contribution in [0.5, 0.6) is 5.75 Å². The number of aromatic amines is 2. The molecule has 9 nitrogen and oxygen atoms in total. The number of hydrogen-bond donors (Lipinski definition) is 2. The van der Waals surface area contributed by atoms with E-state index in [1.165, 1.54) is 6.33 Å². The highest BCUT2D eigenvalue weighted by molar-refractivity contribution is 5.95. The van der Waals surface area contributed by atoms with Crippen molar-refractivity contribution < 1.29 is 4.74 Å². The minimum absolute atomic E-state index is 0.609. The molecule has 9 heteroatoms. The molecule has 0 radical (unpaired) electrons. The van der Waals surface area contributed by atoms with Crippen molar-refractivity contribution in [2.45, 2.75) is 0 Å². The van der Waals surface area contributed by atoms with Crippen molar-refractivity contribution in [1.29, 1.82) is 0 Å². The van der Waals surface area contributed by atoms with E-state index in [1.54, 1.807) is 25.7 Å². The molecule has 0 aliphatic carbocycles. The van der Waals surface area contributed by atoms with Crippen LogP contribution in [0.4, 0.5) is 0 Å². The third-order valence-electron chi connectivity index (χ3n) is 5.23. The van der Waals surface area contributed by atoms with E-state index >= 15 is 0 Å². The molecule has 0 spiro atoms. The second-order valence-electron chi connectivity index (χ2n) is 7.17. The molecule has 6 rings (SSSR count). The molecule has 6 aromatic rings. The Labute approximate surface area is 181 Å². The van der Waals surface area contributed by atoms with E-state index < -0.39 is 0 Å². The molecular weight excluding hydrogens is 404 g/mol. The van der Waals surface area contributed by atoms with E-state index in [-0.39, 0.29) is 0 Å². The molecule has 0 aliphatic rings. The highest BCUT2D eigenvalue weighted by Gasteiger charge is 2.17. The van der Waals surface area contributed by atoms with Crippen LogP contribution in [0.15, 0.2) is 67.4 Å². The Morgan fingerprint density at radius 1 is 0.844 bits per heavy atom. The van der Waals surface area contributed by atoms with Crippen LogP contribution in [0, 0.1) is 0 Å². The monoisotopic (exact) mass is 420 g/mol. The molecule has 5 heterocycles. The molecule has 0 unspecified atom stereocenters. The first-order valence-electron chi connectivity index (χ1n) is 9.90. The number of nitrogens with zero attached hydrogens (tertiary/aromatic N) is 6. The van der Waals surface area contributed by atoms with Crippen LogP contribution in [-0.4, -0.2) is 47.2 Å². The number of imidazole rings is 1. The molecule has 0 bridgehead atoms. The van der Waals surface area contributed by atoms with Gasteiger partial charge in [-0.15, -0.1) is 0 Å². The largest absolute Gasteiger partial charge is 0.497 e. The Morgan fingerprint density at radius 3 is 2.59 bits per heavy atom. The topological polar surface area (TPSA) is 118 Å². The number of benzene rings is 1. The lowest BCUT2D eigenvalue weighted by Crippen LogP contribution is -1.89. The summed E-state index contributed by atoms with van der Waals surface area (Å²) in [4.78, 5) is 25.7. The minimum Gasteiger partial charge on any atom is -0.497 e. The summed E-state index contributed by atoms with van der Waals surface area (Å²) >= 11 is 0. The lowest BCUT2D eigenvalue weighted by Gasteiger charge is -2.04. The van der Waals surface area contributed by atoms with Gasteiger partial charge >= 0.3 is 0 Å². The molecule has 1 aromatic carbocycles. The molecule has 0 fully saturated rings. The zero-order valence-electron chi connectivity index (χ0n) is 16.9. The maximum Gasteiger partial charge on any atom is 0.161 e. The number of aromatic nitrogens is 8. The zero-order valence-corrected chi connectivity index (χ0v) is 16.9. The predicted molar refractivity (Wildman–Crippen MR) is 120 cm³/mol. The van der Waals surface area contributed by atoms with E-state index in [9.17, 15) is 0 Å². The number of H-pyrrole nitrogens is 2. The maximum atomic E-state index is 5.36. The quantitative estimate of drug-likeness (QED) is 0.442. The molecule has 0 aliphatic heterocycles. The van der Waals surface area contributed by atoms with Crippen LogP contribution < -0.4 is 4.74 Å². The summed E-state index contributed by atoms with van der Waals surface area (Å²) in [5.74, 6) is 1.37. The van der Waals surface area contributed by atoms with Gasteiger partial charge in [-0.05, 0) is 30.3 Å². The molecule has 32 heavy (non-hydrogen) atoms. The van der Waals surface area contributed by atoms with Crippen molar-refractivity contribution in [3.63, 3.8) is 0 Å². The highest BCUT2D eigenvalue weighted by atomic mass is 16.5. The van der Waals surface area contributed by atoms with Crippen molar-refractivity contribution in [2.75, 3.05) is 7.11 Å². The Bertz CT molecular complexity index is 1570. The summed E-state index contributed by atoms with van der Waals surface area (Å²) in [6.07, 6.45) is 6.71. The molecule has 0 saturated carbocycles. The van der Waals surface area contributed by atoms with Crippen molar-refractivity contribution in [3.05, 3.63) is 67.4 Å². The maximum absolute atomic E-state index is 5.36. The summed E-state index contributed by atoms with van der Waals surface area (Å²) < 4.78 is 5.36. The third kappa shape index (κ3) is 2.95. The molecule has 0 amide bonds.